The highest BCUT2D eigenvalue weighted by atomic mass is 16.5. The van der Waals surface area contributed by atoms with Gasteiger partial charge < -0.3 is 21.1 Å². The summed E-state index contributed by atoms with van der Waals surface area (Å²) in [6, 6.07) is 16.0. The molecule has 0 spiro atoms. The fourth-order valence-electron chi connectivity index (χ4n) is 2.22. The summed E-state index contributed by atoms with van der Waals surface area (Å²) in [5, 5.41) is 5.32. The van der Waals surface area contributed by atoms with Crippen molar-refractivity contribution in [3.63, 3.8) is 0 Å². The van der Waals surface area contributed by atoms with Crippen molar-refractivity contribution in [2.24, 2.45) is 5.73 Å². The summed E-state index contributed by atoms with van der Waals surface area (Å²) >= 11 is 0. The number of amides is 2. The summed E-state index contributed by atoms with van der Waals surface area (Å²) < 4.78 is 5.47. The van der Waals surface area contributed by atoms with Crippen molar-refractivity contribution in [2.45, 2.75) is 18.9 Å². The van der Waals surface area contributed by atoms with E-state index in [0.29, 0.717) is 30.9 Å². The maximum atomic E-state index is 12.2. The zero-order valence-corrected chi connectivity index (χ0v) is 14.2. The molecule has 0 bridgehead atoms. The monoisotopic (exact) mass is 341 g/mol. The lowest BCUT2D eigenvalue weighted by Gasteiger charge is -2.13. The summed E-state index contributed by atoms with van der Waals surface area (Å²) in [5.74, 6) is 0.323. The van der Waals surface area contributed by atoms with E-state index in [1.54, 1.807) is 31.3 Å². The average molecular weight is 341 g/mol. The molecule has 0 unspecified atom stereocenters. The van der Waals surface area contributed by atoms with E-state index < -0.39 is 6.04 Å². The predicted octanol–water partition coefficient (Wildman–Crippen LogP) is 1.71. The standard InChI is InChI=1S/C19H23N3O3/c1-21-18(23)11-12-25-16-9-7-15(8-10-16)22-19(24)17(20)13-14-5-3-2-4-6-14/h2-10,17H,11-13,20H2,1H3,(H,21,23)(H,22,24)/t17-/m0/s1. The number of anilines is 1. The first-order chi connectivity index (χ1) is 12.1. The minimum absolute atomic E-state index is 0.0729. The van der Waals surface area contributed by atoms with E-state index >= 15 is 0 Å². The molecule has 4 N–H and O–H groups in total. The lowest BCUT2D eigenvalue weighted by atomic mass is 10.1. The molecule has 1 atom stereocenters. The molecule has 2 aromatic carbocycles. The smallest absolute Gasteiger partial charge is 0.241 e. The van der Waals surface area contributed by atoms with Crippen LogP contribution in [-0.2, 0) is 16.0 Å². The highest BCUT2D eigenvalue weighted by Crippen LogP contribution is 2.16. The Morgan fingerprint density at radius 1 is 1.08 bits per heavy atom. The normalized spacial score (nSPS) is 11.4. The van der Waals surface area contributed by atoms with Crippen LogP contribution in [0.25, 0.3) is 0 Å². The van der Waals surface area contributed by atoms with Crippen LogP contribution >= 0.6 is 0 Å². The number of ether oxygens (including phenoxy) is 1. The van der Waals surface area contributed by atoms with E-state index in [1.807, 2.05) is 30.3 Å². The van der Waals surface area contributed by atoms with Crippen LogP contribution in [0.15, 0.2) is 54.6 Å². The van der Waals surface area contributed by atoms with E-state index in [9.17, 15) is 9.59 Å². The van der Waals surface area contributed by atoms with Crippen molar-refractivity contribution in [2.75, 3.05) is 19.0 Å². The van der Waals surface area contributed by atoms with Gasteiger partial charge in [0.15, 0.2) is 0 Å². The summed E-state index contributed by atoms with van der Waals surface area (Å²) in [6.45, 7) is 0.299. The SMILES string of the molecule is CNC(=O)CCOc1ccc(NC(=O)[C@@H](N)Cc2ccccc2)cc1. The van der Waals surface area contributed by atoms with Gasteiger partial charge in [0.05, 0.1) is 19.1 Å². The topological polar surface area (TPSA) is 93.5 Å². The molecular formula is C19H23N3O3. The summed E-state index contributed by atoms with van der Waals surface area (Å²) in [6.07, 6.45) is 0.774. The van der Waals surface area contributed by atoms with Gasteiger partial charge in [0, 0.05) is 12.7 Å². The minimum Gasteiger partial charge on any atom is -0.493 e. The number of nitrogens with one attached hydrogen (secondary N) is 2. The summed E-state index contributed by atoms with van der Waals surface area (Å²) in [7, 11) is 1.59. The Morgan fingerprint density at radius 3 is 2.40 bits per heavy atom. The maximum Gasteiger partial charge on any atom is 0.241 e. The Balaban J connectivity index is 1.81. The van der Waals surface area contributed by atoms with Crippen molar-refractivity contribution >= 4 is 17.5 Å². The Labute approximate surface area is 147 Å². The number of hydrogen-bond acceptors (Lipinski definition) is 4. The molecular weight excluding hydrogens is 318 g/mol. The lowest BCUT2D eigenvalue weighted by Crippen LogP contribution is -2.37. The van der Waals surface area contributed by atoms with E-state index in [0.717, 1.165) is 5.56 Å². The molecule has 0 saturated heterocycles. The average Bonchev–Trinajstić information content (AvgIpc) is 2.63. The zero-order valence-electron chi connectivity index (χ0n) is 14.2. The van der Waals surface area contributed by atoms with E-state index in [-0.39, 0.29) is 11.8 Å². The fourth-order valence-corrected chi connectivity index (χ4v) is 2.22. The zero-order chi connectivity index (χ0) is 18.1. The minimum atomic E-state index is -0.620. The summed E-state index contributed by atoms with van der Waals surface area (Å²) in [4.78, 5) is 23.3. The molecule has 6 heteroatoms. The molecule has 0 aliphatic carbocycles. The molecule has 0 heterocycles. The van der Waals surface area contributed by atoms with E-state index in [4.69, 9.17) is 10.5 Å². The second-order valence-corrected chi connectivity index (χ2v) is 5.58. The van der Waals surface area contributed by atoms with Crippen LogP contribution in [-0.4, -0.2) is 31.5 Å². The molecule has 0 aliphatic heterocycles. The molecule has 2 amide bonds. The van der Waals surface area contributed by atoms with Crippen LogP contribution in [0.5, 0.6) is 5.75 Å². The molecule has 0 aliphatic rings. The molecule has 0 radical (unpaired) electrons. The van der Waals surface area contributed by atoms with Crippen molar-refractivity contribution in [1.82, 2.24) is 5.32 Å². The molecule has 0 fully saturated rings. The number of carbonyl (C=O) groups excluding carboxylic acids is 2. The highest BCUT2D eigenvalue weighted by molar-refractivity contribution is 5.94. The number of nitrogens with two attached hydrogens (primary N) is 1. The highest BCUT2D eigenvalue weighted by Gasteiger charge is 2.14. The molecule has 25 heavy (non-hydrogen) atoms. The summed E-state index contributed by atoms with van der Waals surface area (Å²) in [5.41, 5.74) is 7.62. The first kappa shape index (κ1) is 18.5. The van der Waals surface area contributed by atoms with Crippen molar-refractivity contribution in [3.05, 3.63) is 60.2 Å². The van der Waals surface area contributed by atoms with E-state index in [2.05, 4.69) is 10.6 Å². The first-order valence-electron chi connectivity index (χ1n) is 8.12. The Kier molecular flexibility index (Phi) is 6.98. The molecule has 0 aromatic heterocycles. The van der Waals surface area contributed by atoms with Gasteiger partial charge >= 0.3 is 0 Å². The van der Waals surface area contributed by atoms with Gasteiger partial charge in [0.2, 0.25) is 11.8 Å². The van der Waals surface area contributed by atoms with E-state index in [1.165, 1.54) is 0 Å². The van der Waals surface area contributed by atoms with Crippen LogP contribution in [0.3, 0.4) is 0 Å². The molecule has 132 valence electrons. The van der Waals surface area contributed by atoms with Crippen LogP contribution in [0, 0.1) is 0 Å². The number of hydrogen-bond donors (Lipinski definition) is 3. The van der Waals surface area contributed by atoms with Crippen molar-refractivity contribution < 1.29 is 14.3 Å². The van der Waals surface area contributed by atoms with Crippen LogP contribution in [0.2, 0.25) is 0 Å². The van der Waals surface area contributed by atoms with Crippen LogP contribution in [0.1, 0.15) is 12.0 Å². The fraction of sp³-hybridized carbons (Fsp3) is 0.263. The predicted molar refractivity (Wildman–Crippen MR) is 97.4 cm³/mol. The lowest BCUT2D eigenvalue weighted by molar-refractivity contribution is -0.121. The first-order valence-corrected chi connectivity index (χ1v) is 8.12. The third kappa shape index (κ3) is 6.27. The molecule has 2 aromatic rings. The second-order valence-electron chi connectivity index (χ2n) is 5.58. The van der Waals surface area contributed by atoms with Gasteiger partial charge in [-0.1, -0.05) is 30.3 Å². The third-order valence-corrected chi connectivity index (χ3v) is 3.63. The number of benzene rings is 2. The van der Waals surface area contributed by atoms with Gasteiger partial charge in [0.1, 0.15) is 5.75 Å². The maximum absolute atomic E-state index is 12.2. The quantitative estimate of drug-likeness (QED) is 0.681. The van der Waals surface area contributed by atoms with Crippen molar-refractivity contribution in [1.29, 1.82) is 0 Å². The Bertz CT molecular complexity index is 687. The molecule has 0 saturated carbocycles. The van der Waals surface area contributed by atoms with Crippen molar-refractivity contribution in [3.8, 4) is 5.75 Å². The van der Waals surface area contributed by atoms with Gasteiger partial charge in [-0.3, -0.25) is 9.59 Å². The molecule has 2 rings (SSSR count). The van der Waals surface area contributed by atoms with Gasteiger partial charge in [-0.25, -0.2) is 0 Å². The van der Waals surface area contributed by atoms with Crippen LogP contribution < -0.4 is 21.1 Å². The van der Waals surface area contributed by atoms with Gasteiger partial charge in [0.25, 0.3) is 0 Å². The molecule has 6 nitrogen and oxygen atoms in total. The Morgan fingerprint density at radius 2 is 1.76 bits per heavy atom. The van der Waals surface area contributed by atoms with Gasteiger partial charge in [-0.2, -0.15) is 0 Å². The van der Waals surface area contributed by atoms with Gasteiger partial charge in [-0.15, -0.1) is 0 Å². The Hall–Kier alpha value is -2.86. The number of rotatable bonds is 8. The second kappa shape index (κ2) is 9.44. The largest absolute Gasteiger partial charge is 0.493 e. The van der Waals surface area contributed by atoms with Gasteiger partial charge in [-0.05, 0) is 36.2 Å². The number of carbonyl (C=O) groups is 2. The van der Waals surface area contributed by atoms with Crippen LogP contribution in [0.4, 0.5) is 5.69 Å². The third-order valence-electron chi connectivity index (χ3n) is 3.63.